The highest BCUT2D eigenvalue weighted by atomic mass is 19.4. The number of hydrogen-bond donors (Lipinski definition) is 2. The molecule has 344 valence electrons. The highest BCUT2D eigenvalue weighted by Crippen LogP contribution is 2.48. The van der Waals surface area contributed by atoms with Crippen molar-refractivity contribution >= 4 is 17.9 Å². The van der Waals surface area contributed by atoms with Crippen LogP contribution in [-0.2, 0) is 48.8 Å². The quantitative estimate of drug-likeness (QED) is 0.116. The van der Waals surface area contributed by atoms with Crippen LogP contribution >= 0.6 is 0 Å². The van der Waals surface area contributed by atoms with Gasteiger partial charge in [-0.15, -0.1) is 0 Å². The van der Waals surface area contributed by atoms with Crippen LogP contribution in [0.15, 0.2) is 66.7 Å². The van der Waals surface area contributed by atoms with Gasteiger partial charge in [0.1, 0.15) is 30.4 Å². The predicted octanol–water partition coefficient (Wildman–Crippen LogP) is 8.76. The van der Waals surface area contributed by atoms with E-state index in [9.17, 15) is 45.1 Å². The lowest BCUT2D eigenvalue weighted by atomic mass is 9.72. The van der Waals surface area contributed by atoms with E-state index in [0.717, 1.165) is 30.6 Å². The second-order valence-corrected chi connectivity index (χ2v) is 17.7. The highest BCUT2D eigenvalue weighted by molar-refractivity contribution is 5.95. The molecule has 17 heteroatoms. The second-order valence-electron chi connectivity index (χ2n) is 17.7. The molecule has 2 atom stereocenters. The SMILES string of the molecule is CC(C)(C)OC(=O)NCCCCCCNC(=O)CO[C@H]1Cc2ccccc2C12CCN(CC[C@@]1(c3ccc(F)cc3)CN(C(=O)c3cc(C(F)(F)F)cc(C(F)(F)F)c3)CO1)CC2. The molecule has 6 rings (SSSR count). The van der Waals surface area contributed by atoms with Crippen molar-refractivity contribution in [3.63, 3.8) is 0 Å². The Balaban J connectivity index is 1.04. The summed E-state index contributed by atoms with van der Waals surface area (Å²) < 4.78 is 114. The molecule has 10 nitrogen and oxygen atoms in total. The lowest BCUT2D eigenvalue weighted by Gasteiger charge is -2.44. The van der Waals surface area contributed by atoms with Crippen molar-refractivity contribution in [2.24, 2.45) is 0 Å². The zero-order valence-corrected chi connectivity index (χ0v) is 35.7. The number of piperidine rings is 1. The Morgan fingerprint density at radius 3 is 2.06 bits per heavy atom. The lowest BCUT2D eigenvalue weighted by molar-refractivity contribution is -0.143. The van der Waals surface area contributed by atoms with Crippen LogP contribution in [0.4, 0.5) is 35.5 Å². The maximum atomic E-state index is 14.1. The molecule has 2 saturated heterocycles. The molecule has 1 aliphatic carbocycles. The van der Waals surface area contributed by atoms with Crippen LogP contribution in [0.2, 0.25) is 0 Å². The van der Waals surface area contributed by atoms with E-state index in [-0.39, 0.29) is 43.1 Å². The first-order chi connectivity index (χ1) is 29.7. The van der Waals surface area contributed by atoms with Crippen LogP contribution < -0.4 is 10.6 Å². The second kappa shape index (κ2) is 19.6. The van der Waals surface area contributed by atoms with Crippen LogP contribution in [0.1, 0.15) is 104 Å². The molecule has 0 unspecified atom stereocenters. The van der Waals surface area contributed by atoms with Gasteiger partial charge in [-0.3, -0.25) is 9.59 Å². The van der Waals surface area contributed by atoms with E-state index in [1.54, 1.807) is 0 Å². The van der Waals surface area contributed by atoms with Crippen molar-refractivity contribution in [1.29, 1.82) is 0 Å². The molecule has 63 heavy (non-hydrogen) atoms. The minimum absolute atomic E-state index is 0.0262. The van der Waals surface area contributed by atoms with Crippen molar-refractivity contribution in [3.05, 3.63) is 106 Å². The van der Waals surface area contributed by atoms with Crippen LogP contribution in [-0.4, -0.2) is 92.0 Å². The Labute approximate surface area is 362 Å². The summed E-state index contributed by atoms with van der Waals surface area (Å²) in [6, 6.07) is 14.4. The molecule has 3 aromatic carbocycles. The molecule has 2 N–H and O–H groups in total. The molecule has 0 radical (unpaired) electrons. The maximum Gasteiger partial charge on any atom is 0.416 e. The topological polar surface area (TPSA) is 109 Å². The van der Waals surface area contributed by atoms with Gasteiger partial charge in [-0.25, -0.2) is 9.18 Å². The zero-order chi connectivity index (χ0) is 45.6. The average molecular weight is 893 g/mol. The molecule has 3 aliphatic rings. The molecule has 2 fully saturated rings. The Bertz CT molecular complexity index is 2030. The fourth-order valence-electron chi connectivity index (χ4n) is 8.86. The first-order valence-corrected chi connectivity index (χ1v) is 21.3. The number of fused-ring (bicyclic) bond motifs is 2. The molecule has 3 aromatic rings. The van der Waals surface area contributed by atoms with Gasteiger partial charge in [-0.2, -0.15) is 26.3 Å². The molecular formula is C46H55F7N4O6. The number of rotatable bonds is 15. The number of amides is 3. The van der Waals surface area contributed by atoms with Gasteiger partial charge in [0.25, 0.3) is 5.91 Å². The summed E-state index contributed by atoms with van der Waals surface area (Å²) >= 11 is 0. The number of nitrogens with one attached hydrogen (secondary N) is 2. The van der Waals surface area contributed by atoms with Crippen molar-refractivity contribution < 1.29 is 59.3 Å². The number of benzene rings is 3. The first kappa shape index (κ1) is 47.7. The van der Waals surface area contributed by atoms with Crippen LogP contribution in [0.5, 0.6) is 0 Å². The van der Waals surface area contributed by atoms with Crippen molar-refractivity contribution in [1.82, 2.24) is 20.4 Å². The van der Waals surface area contributed by atoms with E-state index in [0.29, 0.717) is 69.7 Å². The summed E-state index contributed by atoms with van der Waals surface area (Å²) in [5.41, 5.74) is -3.23. The lowest BCUT2D eigenvalue weighted by Crippen LogP contribution is -2.49. The number of ether oxygens (including phenoxy) is 3. The van der Waals surface area contributed by atoms with E-state index in [1.165, 1.54) is 35.4 Å². The van der Waals surface area contributed by atoms with E-state index >= 15 is 0 Å². The number of alkyl halides is 6. The summed E-state index contributed by atoms with van der Waals surface area (Å²) in [5, 5.41) is 5.69. The normalized spacial score (nSPS) is 20.2. The number of carbonyl (C=O) groups excluding carboxylic acids is 3. The number of unbranched alkanes of at least 4 members (excludes halogenated alkanes) is 3. The van der Waals surface area contributed by atoms with Gasteiger partial charge in [0.05, 0.1) is 23.8 Å². The molecular weight excluding hydrogens is 838 g/mol. The Morgan fingerprint density at radius 2 is 1.44 bits per heavy atom. The molecule has 0 aromatic heterocycles. The smallest absolute Gasteiger partial charge is 0.416 e. The van der Waals surface area contributed by atoms with Gasteiger partial charge in [-0.05, 0) is 119 Å². The number of hydrogen-bond acceptors (Lipinski definition) is 7. The van der Waals surface area contributed by atoms with Gasteiger partial charge >= 0.3 is 18.4 Å². The van der Waals surface area contributed by atoms with Crippen LogP contribution in [0, 0.1) is 5.82 Å². The molecule has 0 bridgehead atoms. The predicted molar refractivity (Wildman–Crippen MR) is 219 cm³/mol. The van der Waals surface area contributed by atoms with Gasteiger partial charge in [-0.1, -0.05) is 49.2 Å². The van der Waals surface area contributed by atoms with E-state index < -0.39 is 64.8 Å². The summed E-state index contributed by atoms with van der Waals surface area (Å²) in [7, 11) is 0. The van der Waals surface area contributed by atoms with Crippen LogP contribution in [0.25, 0.3) is 0 Å². The third-order valence-electron chi connectivity index (χ3n) is 12.1. The van der Waals surface area contributed by atoms with E-state index in [4.69, 9.17) is 14.2 Å². The number of carbonyl (C=O) groups is 3. The molecule has 0 saturated carbocycles. The maximum absolute atomic E-state index is 14.1. The summed E-state index contributed by atoms with van der Waals surface area (Å²) in [5.74, 6) is -1.78. The van der Waals surface area contributed by atoms with Gasteiger partial charge in [0.2, 0.25) is 5.91 Å². The molecule has 1 spiro atoms. The third-order valence-corrected chi connectivity index (χ3v) is 12.1. The van der Waals surface area contributed by atoms with Gasteiger partial charge in [0, 0.05) is 30.6 Å². The number of likely N-dealkylation sites (tertiary alicyclic amines) is 1. The van der Waals surface area contributed by atoms with Crippen molar-refractivity contribution in [2.75, 3.05) is 52.6 Å². The minimum atomic E-state index is -5.13. The Kier molecular flexibility index (Phi) is 14.8. The van der Waals surface area contributed by atoms with Crippen LogP contribution in [0.3, 0.4) is 0 Å². The summed E-state index contributed by atoms with van der Waals surface area (Å²) in [4.78, 5) is 41.6. The van der Waals surface area contributed by atoms with Crippen molar-refractivity contribution in [2.45, 2.75) is 107 Å². The summed E-state index contributed by atoms with van der Waals surface area (Å²) in [6.07, 6.45) is -5.22. The molecule has 2 aliphatic heterocycles. The first-order valence-electron chi connectivity index (χ1n) is 21.3. The number of nitrogens with zero attached hydrogens (tertiary/aromatic N) is 2. The molecule has 2 heterocycles. The number of halogens is 7. The fourth-order valence-corrected chi connectivity index (χ4v) is 8.86. The molecule has 3 amide bonds. The largest absolute Gasteiger partial charge is 0.444 e. The standard InChI is InChI=1S/C46H55F7N4O6/c1-42(2,3)63-41(60)55-20-9-5-4-8-19-54-39(58)28-61-38-26-31-10-6-7-11-37(31)43(38)16-21-56(22-17-43)23-18-44(33-12-14-36(47)15-13-33)29-57(30-62-44)40(59)32-24-34(45(48,49)50)27-35(25-32)46(51,52)53/h6-7,10-15,24-25,27,38H,4-5,8-9,16-23,26,28-30H2,1-3H3,(H,54,58)(H,55,60)/t38-,44-/m0/s1. The van der Waals surface area contributed by atoms with E-state index in [1.807, 2.05) is 32.9 Å². The third kappa shape index (κ3) is 12.1. The van der Waals surface area contributed by atoms with Gasteiger partial charge < -0.3 is 34.6 Å². The number of alkyl carbamates (subject to hydrolysis) is 1. The zero-order valence-electron chi connectivity index (χ0n) is 35.7. The van der Waals surface area contributed by atoms with Crippen molar-refractivity contribution in [3.8, 4) is 0 Å². The average Bonchev–Trinajstić information content (AvgIpc) is 3.79. The van der Waals surface area contributed by atoms with Gasteiger partial charge in [0.15, 0.2) is 0 Å². The Hall–Kier alpha value is -4.74. The minimum Gasteiger partial charge on any atom is -0.444 e. The van der Waals surface area contributed by atoms with E-state index in [2.05, 4.69) is 27.7 Å². The monoisotopic (exact) mass is 892 g/mol. The fraction of sp³-hybridized carbons (Fsp3) is 0.543. The Morgan fingerprint density at radius 1 is 0.825 bits per heavy atom. The summed E-state index contributed by atoms with van der Waals surface area (Å²) in [6.45, 7) is 7.49. The highest BCUT2D eigenvalue weighted by Gasteiger charge is 2.50.